The first kappa shape index (κ1) is 20.6. The van der Waals surface area contributed by atoms with Gasteiger partial charge in [0, 0.05) is 11.6 Å². The smallest absolute Gasteiger partial charge is 0.416 e. The number of hydrogen-bond acceptors (Lipinski definition) is 3. The van der Waals surface area contributed by atoms with Crippen LogP contribution in [-0.4, -0.2) is 18.7 Å². The number of rotatable bonds is 4. The number of halogens is 3. The van der Waals surface area contributed by atoms with Gasteiger partial charge in [0.2, 0.25) is 0 Å². The molecule has 0 aliphatic heterocycles. The molecule has 144 valence electrons. The third-order valence-electron chi connectivity index (χ3n) is 3.60. The Morgan fingerprint density at radius 2 is 1.63 bits per heavy atom. The predicted molar refractivity (Wildman–Crippen MR) is 98.3 cm³/mol. The number of alkyl halides is 3. The lowest BCUT2D eigenvalue weighted by Crippen LogP contribution is -2.22. The average molecular weight is 378 g/mol. The lowest BCUT2D eigenvalue weighted by Gasteiger charge is -2.18. The molecule has 0 bridgehead atoms. The molecule has 0 spiro atoms. The fourth-order valence-corrected chi connectivity index (χ4v) is 2.47. The molecule has 3 nitrogen and oxygen atoms in total. The Kier molecular flexibility index (Phi) is 5.98. The fourth-order valence-electron chi connectivity index (χ4n) is 2.47. The monoisotopic (exact) mass is 378 g/mol. The number of methoxy groups -OCH3 is 1. The number of carbonyl (C=O) groups excluding carboxylic acids is 1. The molecular weight excluding hydrogens is 357 g/mol. The van der Waals surface area contributed by atoms with E-state index >= 15 is 0 Å². The zero-order chi connectivity index (χ0) is 20.2. The van der Waals surface area contributed by atoms with E-state index in [1.807, 2.05) is 0 Å². The van der Waals surface area contributed by atoms with Crippen LogP contribution in [0.4, 0.5) is 13.2 Å². The van der Waals surface area contributed by atoms with Gasteiger partial charge in [0.1, 0.15) is 11.4 Å². The summed E-state index contributed by atoms with van der Waals surface area (Å²) in [6.07, 6.45) is -1.58. The van der Waals surface area contributed by atoms with Gasteiger partial charge in [-0.1, -0.05) is 24.3 Å². The third kappa shape index (κ3) is 5.61. The Labute approximate surface area is 156 Å². The van der Waals surface area contributed by atoms with Gasteiger partial charge in [0.15, 0.2) is 0 Å². The van der Waals surface area contributed by atoms with Crippen LogP contribution in [0.3, 0.4) is 0 Å². The second-order valence-electron chi connectivity index (χ2n) is 6.86. The highest BCUT2D eigenvalue weighted by atomic mass is 19.4. The van der Waals surface area contributed by atoms with Crippen LogP contribution in [-0.2, 0) is 15.7 Å². The Hall–Kier alpha value is -2.76. The maximum absolute atomic E-state index is 12.8. The number of benzene rings is 2. The van der Waals surface area contributed by atoms with Crippen LogP contribution in [0.5, 0.6) is 5.75 Å². The summed E-state index contributed by atoms with van der Waals surface area (Å²) in [4.78, 5) is 12.0. The first-order chi connectivity index (χ1) is 12.5. The van der Waals surface area contributed by atoms with Crippen molar-refractivity contribution >= 4 is 12.0 Å². The van der Waals surface area contributed by atoms with Crippen molar-refractivity contribution in [1.82, 2.24) is 0 Å². The highest BCUT2D eigenvalue weighted by Crippen LogP contribution is 2.35. The Morgan fingerprint density at radius 3 is 2.15 bits per heavy atom. The first-order valence-corrected chi connectivity index (χ1v) is 8.27. The molecule has 0 saturated carbocycles. The van der Waals surface area contributed by atoms with Crippen molar-refractivity contribution < 1.29 is 27.4 Å². The molecule has 0 atom stereocenters. The van der Waals surface area contributed by atoms with Gasteiger partial charge in [-0.05, 0) is 56.2 Å². The van der Waals surface area contributed by atoms with Gasteiger partial charge in [-0.15, -0.1) is 0 Å². The summed E-state index contributed by atoms with van der Waals surface area (Å²) in [5.74, 6) is -0.0287. The molecule has 0 aliphatic carbocycles. The van der Waals surface area contributed by atoms with Crippen LogP contribution < -0.4 is 4.74 Å². The second-order valence-corrected chi connectivity index (χ2v) is 6.86. The Balaban J connectivity index is 2.42. The maximum atomic E-state index is 12.8. The van der Waals surface area contributed by atoms with Crippen molar-refractivity contribution in [1.29, 1.82) is 0 Å². The number of hydrogen-bond donors (Lipinski definition) is 0. The van der Waals surface area contributed by atoms with Crippen LogP contribution in [0, 0.1) is 0 Å². The predicted octanol–water partition coefficient (Wildman–Crippen LogP) is 5.74. The molecule has 0 aliphatic rings. The van der Waals surface area contributed by atoms with E-state index in [-0.39, 0.29) is 0 Å². The van der Waals surface area contributed by atoms with Crippen molar-refractivity contribution in [3.63, 3.8) is 0 Å². The van der Waals surface area contributed by atoms with Crippen molar-refractivity contribution in [2.45, 2.75) is 32.5 Å². The third-order valence-corrected chi connectivity index (χ3v) is 3.60. The van der Waals surface area contributed by atoms with Gasteiger partial charge in [-0.2, -0.15) is 13.2 Å². The van der Waals surface area contributed by atoms with E-state index in [0.717, 1.165) is 12.1 Å². The number of ether oxygens (including phenoxy) is 2. The van der Waals surface area contributed by atoms with Crippen molar-refractivity contribution in [2.75, 3.05) is 7.11 Å². The normalized spacial score (nSPS) is 12.3. The van der Waals surface area contributed by atoms with E-state index < -0.39 is 23.3 Å². The quantitative estimate of drug-likeness (QED) is 0.503. The van der Waals surface area contributed by atoms with Gasteiger partial charge in [-0.3, -0.25) is 0 Å². The van der Waals surface area contributed by atoms with Crippen molar-refractivity contribution in [2.24, 2.45) is 0 Å². The maximum Gasteiger partial charge on any atom is 0.416 e. The van der Waals surface area contributed by atoms with Gasteiger partial charge in [0.25, 0.3) is 0 Å². The van der Waals surface area contributed by atoms with E-state index in [1.165, 1.54) is 25.3 Å². The molecule has 0 unspecified atom stereocenters. The van der Waals surface area contributed by atoms with Gasteiger partial charge >= 0.3 is 12.1 Å². The molecule has 0 saturated heterocycles. The first-order valence-electron chi connectivity index (χ1n) is 8.27. The van der Waals surface area contributed by atoms with Crippen molar-refractivity contribution in [3.05, 3.63) is 59.7 Å². The molecule has 2 aromatic carbocycles. The molecule has 2 aromatic rings. The molecule has 0 fully saturated rings. The van der Waals surface area contributed by atoms with E-state index in [1.54, 1.807) is 45.0 Å². The number of carbonyl (C=O) groups is 1. The second kappa shape index (κ2) is 7.86. The van der Waals surface area contributed by atoms with E-state index in [0.29, 0.717) is 22.4 Å². The summed E-state index contributed by atoms with van der Waals surface area (Å²) in [6, 6.07) is 10.0. The Morgan fingerprint density at radius 1 is 1.00 bits per heavy atom. The summed E-state index contributed by atoms with van der Waals surface area (Å²) >= 11 is 0. The molecular formula is C21H21F3O3. The zero-order valence-electron chi connectivity index (χ0n) is 15.6. The molecule has 0 N–H and O–H groups in total. The van der Waals surface area contributed by atoms with Crippen LogP contribution in [0.1, 0.15) is 31.9 Å². The summed E-state index contributed by atoms with van der Waals surface area (Å²) in [6.45, 7) is 5.28. The molecule has 0 heterocycles. The zero-order valence-corrected chi connectivity index (χ0v) is 15.6. The molecule has 27 heavy (non-hydrogen) atoms. The minimum absolute atomic E-state index is 0.493. The van der Waals surface area contributed by atoms with E-state index in [9.17, 15) is 18.0 Å². The van der Waals surface area contributed by atoms with Gasteiger partial charge in [-0.25, -0.2) is 4.79 Å². The minimum atomic E-state index is -4.40. The minimum Gasteiger partial charge on any atom is -0.496 e. The fraction of sp³-hybridized carbons (Fsp3) is 0.286. The van der Waals surface area contributed by atoms with Crippen LogP contribution in [0.25, 0.3) is 17.2 Å². The van der Waals surface area contributed by atoms with Crippen molar-refractivity contribution in [3.8, 4) is 16.9 Å². The highest BCUT2D eigenvalue weighted by molar-refractivity contribution is 5.90. The summed E-state index contributed by atoms with van der Waals surface area (Å²) in [5, 5.41) is 0. The topological polar surface area (TPSA) is 35.5 Å². The molecule has 0 radical (unpaired) electrons. The summed E-state index contributed by atoms with van der Waals surface area (Å²) in [7, 11) is 1.48. The lowest BCUT2D eigenvalue weighted by molar-refractivity contribution is -0.148. The lowest BCUT2D eigenvalue weighted by atomic mass is 9.97. The van der Waals surface area contributed by atoms with Crippen LogP contribution in [0.15, 0.2) is 48.5 Å². The largest absolute Gasteiger partial charge is 0.496 e. The standard InChI is InChI=1S/C21H21F3O3/c1-20(2,3)27-19(25)13-12-17-16(6-5-7-18(17)26-4)14-8-10-15(11-9-14)21(22,23)24/h5-13H,1-4H3/b13-12+. The molecule has 2 rings (SSSR count). The highest BCUT2D eigenvalue weighted by Gasteiger charge is 2.30. The molecule has 6 heteroatoms. The van der Waals surface area contributed by atoms with E-state index in [4.69, 9.17) is 9.47 Å². The molecule has 0 amide bonds. The van der Waals surface area contributed by atoms with Gasteiger partial charge in [0.05, 0.1) is 12.7 Å². The van der Waals surface area contributed by atoms with E-state index in [2.05, 4.69) is 0 Å². The SMILES string of the molecule is COc1cccc(-c2ccc(C(F)(F)F)cc2)c1/C=C/C(=O)OC(C)(C)C. The van der Waals surface area contributed by atoms with Gasteiger partial charge < -0.3 is 9.47 Å². The van der Waals surface area contributed by atoms with Crippen LogP contribution in [0.2, 0.25) is 0 Å². The Bertz CT molecular complexity index is 829. The number of esters is 1. The average Bonchev–Trinajstić information content (AvgIpc) is 2.57. The summed E-state index contributed by atoms with van der Waals surface area (Å²) < 4.78 is 48.9. The van der Waals surface area contributed by atoms with Crippen LogP contribution >= 0.6 is 0 Å². The summed E-state index contributed by atoms with van der Waals surface area (Å²) in [5.41, 5.74) is 0.442. The molecule has 0 aromatic heterocycles.